The summed E-state index contributed by atoms with van der Waals surface area (Å²) in [6.45, 7) is 9.79. The molecule has 358 valence electrons. The van der Waals surface area contributed by atoms with Crippen molar-refractivity contribution in [2.24, 2.45) is 0 Å². The number of hydrogen-bond acceptors (Lipinski definition) is 5. The molecule has 0 unspecified atom stereocenters. The molecule has 0 bridgehead atoms. The highest BCUT2D eigenvalue weighted by atomic mass is 32.1. The highest BCUT2D eigenvalue weighted by Crippen LogP contribution is 2.64. The molecule has 3 aromatic heterocycles. The molecule has 10 aromatic carbocycles. The zero-order valence-electron chi connectivity index (χ0n) is 42.1. The summed E-state index contributed by atoms with van der Waals surface area (Å²) < 4.78 is 12.7. The highest BCUT2D eigenvalue weighted by Gasteiger charge is 2.48. The first-order valence-electron chi connectivity index (χ1n) is 25.9. The summed E-state index contributed by atoms with van der Waals surface area (Å²) in [5.41, 5.74) is 22.5. The molecule has 75 heavy (non-hydrogen) atoms. The summed E-state index contributed by atoms with van der Waals surface area (Å²) in [7, 11) is 0. The van der Waals surface area contributed by atoms with E-state index < -0.39 is 0 Å². The smallest absolute Gasteiger partial charge is 0.135 e. The van der Waals surface area contributed by atoms with Crippen molar-refractivity contribution >= 4 is 89.3 Å². The van der Waals surface area contributed by atoms with E-state index in [0.29, 0.717) is 0 Å². The molecule has 0 saturated carbocycles. The molecule has 0 fully saturated rings. The number of furan rings is 2. The van der Waals surface area contributed by atoms with Gasteiger partial charge in [0, 0.05) is 76.0 Å². The fraction of sp³-hybridized carbons (Fsp3) is 0.0857. The summed E-state index contributed by atoms with van der Waals surface area (Å²) in [5.74, 6) is 0. The number of para-hydroxylation sites is 4. The van der Waals surface area contributed by atoms with Crippen LogP contribution in [0.25, 0.3) is 87.0 Å². The van der Waals surface area contributed by atoms with Crippen LogP contribution in [0.4, 0.5) is 34.1 Å². The van der Waals surface area contributed by atoms with Crippen LogP contribution in [-0.4, -0.2) is 0 Å². The molecular formula is C70H50N2O2S. The van der Waals surface area contributed by atoms with Crippen molar-refractivity contribution in [3.05, 3.63) is 253 Å². The van der Waals surface area contributed by atoms with Crippen molar-refractivity contribution in [1.82, 2.24) is 0 Å². The topological polar surface area (TPSA) is 32.8 Å². The molecule has 2 aliphatic carbocycles. The largest absolute Gasteiger partial charge is 0.456 e. The SMILES string of the molecule is CC1(C)c2cc(N(c3ccc4oc5ccccc5c4c3)c3ccccc3-c3ccccc3)ccc2-c2sc3c(c21)C(C)(C)c1cc(N(c2ccc4oc5ccccc5c4c2)c2ccccc2-c2ccccc2)ccc1-3. The summed E-state index contributed by atoms with van der Waals surface area (Å²) >= 11 is 1.97. The van der Waals surface area contributed by atoms with Gasteiger partial charge in [-0.25, -0.2) is 0 Å². The van der Waals surface area contributed by atoms with Gasteiger partial charge in [0.05, 0.1) is 11.4 Å². The van der Waals surface area contributed by atoms with E-state index in [1.165, 1.54) is 65.4 Å². The lowest BCUT2D eigenvalue weighted by Crippen LogP contribution is -2.23. The van der Waals surface area contributed by atoms with Gasteiger partial charge >= 0.3 is 0 Å². The normalized spacial score (nSPS) is 13.8. The summed E-state index contributed by atoms with van der Waals surface area (Å²) in [5, 5.41) is 4.43. The van der Waals surface area contributed by atoms with Crippen LogP contribution >= 0.6 is 11.3 Å². The molecule has 0 N–H and O–H groups in total. The molecule has 0 spiro atoms. The lowest BCUT2D eigenvalue weighted by molar-refractivity contribution is 0.603. The van der Waals surface area contributed by atoms with Crippen LogP contribution in [0.3, 0.4) is 0 Å². The Kier molecular flexibility index (Phi) is 9.49. The van der Waals surface area contributed by atoms with E-state index in [-0.39, 0.29) is 10.8 Å². The van der Waals surface area contributed by atoms with Crippen LogP contribution < -0.4 is 9.80 Å². The lowest BCUT2D eigenvalue weighted by atomic mass is 9.74. The maximum absolute atomic E-state index is 6.36. The van der Waals surface area contributed by atoms with Gasteiger partial charge in [-0.15, -0.1) is 11.3 Å². The number of fused-ring (bicyclic) bond motifs is 13. The minimum absolute atomic E-state index is 0.286. The van der Waals surface area contributed by atoms with Gasteiger partial charge in [-0.3, -0.25) is 0 Å². The van der Waals surface area contributed by atoms with E-state index in [1.807, 2.05) is 23.5 Å². The zero-order valence-corrected chi connectivity index (χ0v) is 42.9. The van der Waals surface area contributed by atoms with E-state index in [1.54, 1.807) is 0 Å². The fourth-order valence-corrected chi connectivity index (χ4v) is 14.4. The monoisotopic (exact) mass is 982 g/mol. The Morgan fingerprint density at radius 1 is 0.320 bits per heavy atom. The van der Waals surface area contributed by atoms with Crippen molar-refractivity contribution < 1.29 is 8.83 Å². The summed E-state index contributed by atoms with van der Waals surface area (Å²) in [6.07, 6.45) is 0. The average Bonchev–Trinajstić information content (AvgIpc) is 4.37. The molecule has 3 heterocycles. The Hall–Kier alpha value is -8.90. The van der Waals surface area contributed by atoms with Gasteiger partial charge in [0.15, 0.2) is 0 Å². The second-order valence-corrected chi connectivity index (χ2v) is 22.2. The van der Waals surface area contributed by atoms with Crippen LogP contribution in [0.5, 0.6) is 0 Å². The third-order valence-corrected chi connectivity index (χ3v) is 17.5. The minimum atomic E-state index is -0.286. The third kappa shape index (κ3) is 6.54. The number of hydrogen-bond donors (Lipinski definition) is 0. The second kappa shape index (κ2) is 16.3. The number of rotatable bonds is 8. The number of nitrogens with zero attached hydrogens (tertiary/aromatic N) is 2. The zero-order chi connectivity index (χ0) is 50.2. The van der Waals surface area contributed by atoms with Gasteiger partial charge in [0.1, 0.15) is 22.3 Å². The van der Waals surface area contributed by atoms with E-state index in [0.717, 1.165) is 78.0 Å². The van der Waals surface area contributed by atoms with Crippen molar-refractivity contribution in [3.8, 4) is 43.1 Å². The van der Waals surface area contributed by atoms with Crippen LogP contribution in [0, 0.1) is 0 Å². The average molecular weight is 983 g/mol. The number of thiophene rings is 1. The van der Waals surface area contributed by atoms with Crippen LogP contribution in [0.15, 0.2) is 239 Å². The van der Waals surface area contributed by atoms with Crippen molar-refractivity contribution in [3.63, 3.8) is 0 Å². The van der Waals surface area contributed by atoms with Gasteiger partial charge < -0.3 is 18.6 Å². The van der Waals surface area contributed by atoms with Crippen LogP contribution in [0.1, 0.15) is 49.9 Å². The first-order valence-corrected chi connectivity index (χ1v) is 26.7. The molecule has 0 aliphatic heterocycles. The molecular weight excluding hydrogens is 933 g/mol. The highest BCUT2D eigenvalue weighted by molar-refractivity contribution is 7.19. The van der Waals surface area contributed by atoms with Crippen molar-refractivity contribution in [2.75, 3.05) is 9.80 Å². The van der Waals surface area contributed by atoms with Crippen LogP contribution in [-0.2, 0) is 10.8 Å². The van der Waals surface area contributed by atoms with Crippen molar-refractivity contribution in [2.45, 2.75) is 38.5 Å². The molecule has 0 amide bonds. The Labute approximate surface area is 440 Å². The molecule has 2 aliphatic rings. The predicted octanol–water partition coefficient (Wildman–Crippen LogP) is 20.4. The summed E-state index contributed by atoms with van der Waals surface area (Å²) in [6, 6.07) is 83.5. The van der Waals surface area contributed by atoms with Crippen LogP contribution in [0.2, 0.25) is 0 Å². The van der Waals surface area contributed by atoms with E-state index >= 15 is 0 Å². The molecule has 15 rings (SSSR count). The van der Waals surface area contributed by atoms with Gasteiger partial charge in [0.2, 0.25) is 0 Å². The molecule has 0 saturated heterocycles. The predicted molar refractivity (Wildman–Crippen MR) is 314 cm³/mol. The van der Waals surface area contributed by atoms with Gasteiger partial charge in [-0.05, 0) is 129 Å². The Bertz CT molecular complexity index is 4160. The Morgan fingerprint density at radius 2 is 0.680 bits per heavy atom. The van der Waals surface area contributed by atoms with E-state index in [2.05, 4.69) is 256 Å². The number of benzene rings is 10. The molecule has 0 radical (unpaired) electrons. The second-order valence-electron chi connectivity index (χ2n) is 21.2. The standard InChI is InChI=1S/C70H50N2O2S/c1-69(2)57-41-47(71(59-27-15-11-23-49(59)43-19-7-5-8-20-43)45-33-37-63-55(39-45)51-25-13-17-29-61(51)73-63)31-35-53(57)67-65(69)66-68(75-67)54-36-32-48(42-58(54)70(66,3)4)72(60-28-16-12-24-50(60)44-21-9-6-10-22-44)46-34-38-64-56(40-46)52-26-14-18-30-62(52)74-64/h5-42H,1-4H3. The van der Waals surface area contributed by atoms with E-state index in [4.69, 9.17) is 8.83 Å². The van der Waals surface area contributed by atoms with Crippen molar-refractivity contribution in [1.29, 1.82) is 0 Å². The Morgan fingerprint density at radius 3 is 1.13 bits per heavy atom. The van der Waals surface area contributed by atoms with Gasteiger partial charge in [0.25, 0.3) is 0 Å². The summed E-state index contributed by atoms with van der Waals surface area (Å²) in [4.78, 5) is 7.67. The fourth-order valence-electron chi connectivity index (χ4n) is 12.7. The van der Waals surface area contributed by atoms with Gasteiger partial charge in [-0.2, -0.15) is 0 Å². The lowest BCUT2D eigenvalue weighted by Gasteiger charge is -2.32. The quantitative estimate of drug-likeness (QED) is 0.152. The maximum Gasteiger partial charge on any atom is 0.135 e. The molecule has 5 heteroatoms. The Balaban J connectivity index is 0.862. The first kappa shape index (κ1) is 43.7. The molecule has 13 aromatic rings. The number of anilines is 6. The van der Waals surface area contributed by atoms with E-state index in [9.17, 15) is 0 Å². The maximum atomic E-state index is 6.36. The van der Waals surface area contributed by atoms with Gasteiger partial charge in [-0.1, -0.05) is 173 Å². The first-order chi connectivity index (χ1) is 36.7. The minimum Gasteiger partial charge on any atom is -0.456 e. The third-order valence-electron chi connectivity index (χ3n) is 16.2. The molecule has 0 atom stereocenters. The molecule has 4 nitrogen and oxygen atoms in total.